The number of esters is 1. The van der Waals surface area contributed by atoms with Gasteiger partial charge in [-0.25, -0.2) is 17.9 Å². The number of ether oxygens (including phenoxy) is 1. The van der Waals surface area contributed by atoms with Gasteiger partial charge in [-0.3, -0.25) is 4.79 Å². The van der Waals surface area contributed by atoms with Crippen molar-refractivity contribution >= 4 is 39.4 Å². The van der Waals surface area contributed by atoms with Crippen LogP contribution in [0.1, 0.15) is 34.8 Å². The minimum Gasteiger partial charge on any atom is -0.452 e. The van der Waals surface area contributed by atoms with Crippen LogP contribution in [0, 0.1) is 13.8 Å². The molecule has 1 atom stereocenters. The maximum atomic E-state index is 12.0. The van der Waals surface area contributed by atoms with Crippen molar-refractivity contribution in [3.8, 4) is 0 Å². The zero-order valence-corrected chi connectivity index (χ0v) is 18.9. The predicted octanol–water partition coefficient (Wildman–Crippen LogP) is 2.39. The summed E-state index contributed by atoms with van der Waals surface area (Å²) in [5, 5.41) is 7.27. The number of aromatic nitrogens is 2. The van der Waals surface area contributed by atoms with Crippen molar-refractivity contribution in [3.05, 3.63) is 57.9 Å². The van der Waals surface area contributed by atoms with Crippen molar-refractivity contribution in [3.63, 3.8) is 0 Å². The van der Waals surface area contributed by atoms with Crippen LogP contribution in [0.3, 0.4) is 0 Å². The van der Waals surface area contributed by atoms with Gasteiger partial charge in [0, 0.05) is 18.2 Å². The smallest absolute Gasteiger partial charge is 0.331 e. The summed E-state index contributed by atoms with van der Waals surface area (Å²) >= 11 is 6.36. The second kappa shape index (κ2) is 9.65. The zero-order valence-electron chi connectivity index (χ0n) is 17.3. The monoisotopic (exact) mass is 465 g/mol. The van der Waals surface area contributed by atoms with E-state index in [9.17, 15) is 18.0 Å². The molecule has 31 heavy (non-hydrogen) atoms. The molecule has 1 aromatic heterocycles. The molecule has 2 heterocycles. The fourth-order valence-corrected chi connectivity index (χ4v) is 5.29. The highest BCUT2D eigenvalue weighted by Gasteiger charge is 2.31. The lowest BCUT2D eigenvalue weighted by atomic mass is 10.1. The molecular weight excluding hydrogens is 442 g/mol. The Labute approximate surface area is 186 Å². The number of nitrogens with one attached hydrogen (secondary N) is 1. The second-order valence-corrected chi connectivity index (χ2v) is 10.1. The molecule has 2 aromatic rings. The fourth-order valence-electron chi connectivity index (χ4n) is 3.23. The van der Waals surface area contributed by atoms with Gasteiger partial charge < -0.3 is 10.1 Å². The molecule has 10 heteroatoms. The minimum atomic E-state index is -3.08. The molecule has 0 spiro atoms. The Kier molecular flexibility index (Phi) is 7.17. The lowest BCUT2D eigenvalue weighted by Gasteiger charge is -2.09. The molecule has 1 amide bonds. The highest BCUT2D eigenvalue weighted by atomic mass is 35.5. The van der Waals surface area contributed by atoms with Gasteiger partial charge in [-0.2, -0.15) is 5.10 Å². The van der Waals surface area contributed by atoms with Crippen LogP contribution in [0.4, 0.5) is 0 Å². The third-order valence-corrected chi connectivity index (χ3v) is 7.09. The van der Waals surface area contributed by atoms with Crippen molar-refractivity contribution in [2.45, 2.75) is 32.9 Å². The third-order valence-electron chi connectivity index (χ3n) is 4.97. The normalized spacial score (nSPS) is 17.7. The summed E-state index contributed by atoms with van der Waals surface area (Å²) < 4.78 is 29.9. The summed E-state index contributed by atoms with van der Waals surface area (Å²) in [5.74, 6) is -1.00. The number of benzene rings is 1. The lowest BCUT2D eigenvalue weighted by Crippen LogP contribution is -2.28. The van der Waals surface area contributed by atoms with Crippen LogP contribution in [-0.2, 0) is 30.7 Å². The Bertz CT molecular complexity index is 1110. The van der Waals surface area contributed by atoms with E-state index in [0.717, 1.165) is 11.1 Å². The van der Waals surface area contributed by atoms with E-state index in [1.807, 2.05) is 31.2 Å². The molecule has 1 aliphatic rings. The Balaban J connectivity index is 1.51. The van der Waals surface area contributed by atoms with Gasteiger partial charge in [0.1, 0.15) is 5.15 Å². The largest absolute Gasteiger partial charge is 0.452 e. The molecular formula is C21H24ClN3O5S. The number of aryl methyl sites for hydroxylation is 2. The molecule has 0 aliphatic carbocycles. The minimum absolute atomic E-state index is 0.00324. The average Bonchev–Trinajstić information content (AvgIpc) is 3.22. The van der Waals surface area contributed by atoms with Gasteiger partial charge in [0.2, 0.25) is 0 Å². The van der Waals surface area contributed by atoms with Crippen LogP contribution in [0.5, 0.6) is 0 Å². The maximum Gasteiger partial charge on any atom is 0.331 e. The number of amides is 1. The number of halogens is 1. The van der Waals surface area contributed by atoms with E-state index in [0.29, 0.717) is 24.2 Å². The van der Waals surface area contributed by atoms with Gasteiger partial charge in [0.05, 0.1) is 23.2 Å². The molecule has 0 radical (unpaired) electrons. The molecule has 8 nitrogen and oxygen atoms in total. The van der Waals surface area contributed by atoms with Crippen molar-refractivity contribution in [2.75, 3.05) is 18.1 Å². The molecule has 0 unspecified atom stereocenters. The Hall–Kier alpha value is -2.65. The van der Waals surface area contributed by atoms with Crippen LogP contribution in [0.2, 0.25) is 5.15 Å². The van der Waals surface area contributed by atoms with E-state index in [2.05, 4.69) is 10.4 Å². The van der Waals surface area contributed by atoms with Crippen molar-refractivity contribution in [1.82, 2.24) is 15.1 Å². The molecule has 166 valence electrons. The maximum absolute atomic E-state index is 12.0. The number of rotatable bonds is 7. The molecule has 1 fully saturated rings. The van der Waals surface area contributed by atoms with E-state index >= 15 is 0 Å². The second-order valence-electron chi connectivity index (χ2n) is 7.49. The van der Waals surface area contributed by atoms with Crippen LogP contribution in [-0.4, -0.2) is 48.2 Å². The van der Waals surface area contributed by atoms with E-state index in [-0.39, 0.29) is 22.7 Å². The number of hydrogen-bond acceptors (Lipinski definition) is 6. The quantitative estimate of drug-likeness (QED) is 0.497. The molecule has 1 aliphatic heterocycles. The van der Waals surface area contributed by atoms with Crippen LogP contribution in [0.15, 0.2) is 30.3 Å². The molecule has 0 saturated carbocycles. The third kappa shape index (κ3) is 6.18. The summed E-state index contributed by atoms with van der Waals surface area (Å²) in [6.07, 6.45) is 3.07. The van der Waals surface area contributed by atoms with E-state index in [1.54, 1.807) is 6.92 Å². The first kappa shape index (κ1) is 23.0. The fraction of sp³-hybridized carbons (Fsp3) is 0.381. The van der Waals surface area contributed by atoms with Gasteiger partial charge in [0.25, 0.3) is 5.91 Å². The predicted molar refractivity (Wildman–Crippen MR) is 117 cm³/mol. The molecule has 1 N–H and O–H groups in total. The van der Waals surface area contributed by atoms with E-state index in [4.69, 9.17) is 16.3 Å². The van der Waals surface area contributed by atoms with Crippen molar-refractivity contribution < 1.29 is 22.7 Å². The number of sulfone groups is 1. The summed E-state index contributed by atoms with van der Waals surface area (Å²) in [7, 11) is -3.08. The summed E-state index contributed by atoms with van der Waals surface area (Å²) in [5.41, 5.74) is 3.15. The van der Waals surface area contributed by atoms with Gasteiger partial charge >= 0.3 is 5.97 Å². The van der Waals surface area contributed by atoms with Crippen molar-refractivity contribution in [2.24, 2.45) is 0 Å². The van der Waals surface area contributed by atoms with Gasteiger partial charge in [-0.05, 0) is 31.9 Å². The topological polar surface area (TPSA) is 107 Å². The van der Waals surface area contributed by atoms with Crippen LogP contribution >= 0.6 is 11.6 Å². The Morgan fingerprint density at radius 1 is 1.29 bits per heavy atom. The standard InChI is InChI=1S/C21H24ClN3O5S/c1-14-3-5-16(6-4-14)11-23-19(26)12-30-20(27)8-7-18-15(2)24-25(21(18)22)17-9-10-31(28,29)13-17/h3-8,17H,9-13H2,1-2H3,(H,23,26)/b8-7+/t17-/m1/s1. The summed E-state index contributed by atoms with van der Waals surface area (Å²) in [4.78, 5) is 23.8. The first-order valence-electron chi connectivity index (χ1n) is 9.77. The van der Waals surface area contributed by atoms with E-state index < -0.39 is 28.3 Å². The summed E-state index contributed by atoms with van der Waals surface area (Å²) in [6, 6.07) is 7.41. The molecule has 1 saturated heterocycles. The number of carbonyl (C=O) groups is 2. The van der Waals surface area contributed by atoms with E-state index in [1.165, 1.54) is 16.8 Å². The SMILES string of the molecule is Cc1ccc(CNC(=O)COC(=O)/C=C/c2c(C)nn([C@@H]3CCS(=O)(=O)C3)c2Cl)cc1. The lowest BCUT2D eigenvalue weighted by molar-refractivity contribution is -0.143. The highest BCUT2D eigenvalue weighted by molar-refractivity contribution is 7.91. The molecule has 1 aromatic carbocycles. The van der Waals surface area contributed by atoms with Gasteiger partial charge in [0.15, 0.2) is 16.4 Å². The van der Waals surface area contributed by atoms with Crippen LogP contribution < -0.4 is 5.32 Å². The van der Waals surface area contributed by atoms with Crippen molar-refractivity contribution in [1.29, 1.82) is 0 Å². The Morgan fingerprint density at radius 2 is 2.00 bits per heavy atom. The summed E-state index contributed by atoms with van der Waals surface area (Å²) in [6.45, 7) is 3.64. The Morgan fingerprint density at radius 3 is 2.65 bits per heavy atom. The number of carbonyl (C=O) groups excluding carboxylic acids is 2. The first-order valence-corrected chi connectivity index (χ1v) is 12.0. The first-order chi connectivity index (χ1) is 14.6. The molecule has 3 rings (SSSR count). The number of hydrogen-bond donors (Lipinski definition) is 1. The van der Waals surface area contributed by atoms with Gasteiger partial charge in [-0.1, -0.05) is 41.4 Å². The van der Waals surface area contributed by atoms with Gasteiger partial charge in [-0.15, -0.1) is 0 Å². The highest BCUT2D eigenvalue weighted by Crippen LogP contribution is 2.30. The van der Waals surface area contributed by atoms with Crippen LogP contribution in [0.25, 0.3) is 6.08 Å². The number of nitrogens with zero attached hydrogens (tertiary/aromatic N) is 2. The zero-order chi connectivity index (χ0) is 22.6. The average molecular weight is 466 g/mol. The molecule has 0 bridgehead atoms.